The predicted octanol–water partition coefficient (Wildman–Crippen LogP) is 4.60. The highest BCUT2D eigenvalue weighted by molar-refractivity contribution is 7.07. The molecule has 1 fully saturated rings. The lowest BCUT2D eigenvalue weighted by atomic mass is 10.1. The van der Waals surface area contributed by atoms with Gasteiger partial charge in [-0.3, -0.25) is 4.90 Å². The van der Waals surface area contributed by atoms with Crippen molar-refractivity contribution in [3.05, 3.63) is 58.3 Å². The molecule has 1 saturated heterocycles. The van der Waals surface area contributed by atoms with Gasteiger partial charge in [-0.05, 0) is 66.7 Å². The molecule has 1 aliphatic rings. The number of nitrogens with zero attached hydrogens (tertiary/aromatic N) is 1. The van der Waals surface area contributed by atoms with E-state index < -0.39 is 0 Å². The standard InChI is InChI=1S/C22H31N3OS/c26-22(23-13-8-11-19-9-4-3-5-10-19)24-17-21(20-12-16-27-18-20)25-14-6-1-2-7-15-25/h3-5,9-10,12,16,18,21H,1-2,6-8,11,13-15,17H2,(H2,23,24,26). The fourth-order valence-electron chi connectivity index (χ4n) is 3.72. The molecule has 0 radical (unpaired) electrons. The number of thiophene rings is 1. The number of likely N-dealkylation sites (tertiary alicyclic amines) is 1. The summed E-state index contributed by atoms with van der Waals surface area (Å²) < 4.78 is 0. The maximum Gasteiger partial charge on any atom is 0.314 e. The minimum absolute atomic E-state index is 0.0573. The number of rotatable bonds is 8. The van der Waals surface area contributed by atoms with Crippen LogP contribution in [0.5, 0.6) is 0 Å². The van der Waals surface area contributed by atoms with Crippen molar-refractivity contribution < 1.29 is 4.79 Å². The van der Waals surface area contributed by atoms with Crippen LogP contribution in [-0.4, -0.2) is 37.1 Å². The highest BCUT2D eigenvalue weighted by Crippen LogP contribution is 2.25. The van der Waals surface area contributed by atoms with Gasteiger partial charge in [0, 0.05) is 13.1 Å². The number of aryl methyl sites for hydroxylation is 1. The van der Waals surface area contributed by atoms with Gasteiger partial charge < -0.3 is 10.6 Å². The van der Waals surface area contributed by atoms with Crippen LogP contribution in [0.15, 0.2) is 47.2 Å². The first-order valence-electron chi connectivity index (χ1n) is 10.1. The van der Waals surface area contributed by atoms with Gasteiger partial charge in [-0.15, -0.1) is 0 Å². The Morgan fingerprint density at radius 3 is 2.52 bits per heavy atom. The normalized spacial score (nSPS) is 16.4. The lowest BCUT2D eigenvalue weighted by Gasteiger charge is -2.30. The lowest BCUT2D eigenvalue weighted by molar-refractivity contribution is 0.196. The summed E-state index contributed by atoms with van der Waals surface area (Å²) in [5, 5.41) is 10.4. The molecule has 1 aromatic heterocycles. The van der Waals surface area contributed by atoms with Gasteiger partial charge >= 0.3 is 6.03 Å². The van der Waals surface area contributed by atoms with E-state index in [1.165, 1.54) is 36.8 Å². The first-order chi connectivity index (χ1) is 13.3. The Bertz CT molecular complexity index is 651. The number of urea groups is 1. The quantitative estimate of drug-likeness (QED) is 0.653. The molecule has 0 saturated carbocycles. The Kier molecular flexibility index (Phi) is 8.18. The SMILES string of the molecule is O=C(NCCCc1ccccc1)NCC(c1ccsc1)N1CCCCCC1. The Morgan fingerprint density at radius 1 is 1.04 bits per heavy atom. The van der Waals surface area contributed by atoms with Gasteiger partial charge in [-0.25, -0.2) is 4.79 Å². The number of amides is 2. The van der Waals surface area contributed by atoms with Crippen molar-refractivity contribution in [2.75, 3.05) is 26.2 Å². The molecular weight excluding hydrogens is 354 g/mol. The smallest absolute Gasteiger partial charge is 0.314 e. The van der Waals surface area contributed by atoms with E-state index in [0.29, 0.717) is 13.1 Å². The predicted molar refractivity (Wildman–Crippen MR) is 113 cm³/mol. The van der Waals surface area contributed by atoms with Gasteiger partial charge in [0.05, 0.1) is 6.04 Å². The van der Waals surface area contributed by atoms with Gasteiger partial charge in [0.15, 0.2) is 0 Å². The van der Waals surface area contributed by atoms with Crippen LogP contribution < -0.4 is 10.6 Å². The Labute approximate surface area is 167 Å². The first-order valence-corrected chi connectivity index (χ1v) is 11.1. The molecule has 1 aliphatic heterocycles. The van der Waals surface area contributed by atoms with Crippen molar-refractivity contribution in [3.63, 3.8) is 0 Å². The molecule has 5 heteroatoms. The fourth-order valence-corrected chi connectivity index (χ4v) is 4.43. The van der Waals surface area contributed by atoms with Crippen LogP contribution in [0.2, 0.25) is 0 Å². The average molecular weight is 386 g/mol. The summed E-state index contributed by atoms with van der Waals surface area (Å²) in [6, 6.07) is 12.8. The van der Waals surface area contributed by atoms with E-state index in [-0.39, 0.29) is 12.1 Å². The minimum atomic E-state index is -0.0573. The van der Waals surface area contributed by atoms with Crippen molar-refractivity contribution in [2.24, 2.45) is 0 Å². The van der Waals surface area contributed by atoms with Crippen molar-refractivity contribution >= 4 is 17.4 Å². The molecule has 0 bridgehead atoms. The van der Waals surface area contributed by atoms with Gasteiger partial charge in [0.25, 0.3) is 0 Å². The Balaban J connectivity index is 1.43. The minimum Gasteiger partial charge on any atom is -0.338 e. The summed E-state index contributed by atoms with van der Waals surface area (Å²) >= 11 is 1.73. The molecular formula is C22H31N3OS. The van der Waals surface area contributed by atoms with E-state index in [4.69, 9.17) is 0 Å². The van der Waals surface area contributed by atoms with Gasteiger partial charge in [0.1, 0.15) is 0 Å². The molecule has 0 spiro atoms. The van der Waals surface area contributed by atoms with E-state index in [1.54, 1.807) is 11.3 Å². The average Bonchev–Trinajstić information content (AvgIpc) is 3.09. The molecule has 1 aromatic carbocycles. The topological polar surface area (TPSA) is 44.4 Å². The summed E-state index contributed by atoms with van der Waals surface area (Å²) in [5.74, 6) is 0. The van der Waals surface area contributed by atoms with Crippen LogP contribution in [0.4, 0.5) is 4.79 Å². The Hall–Kier alpha value is -1.85. The maximum atomic E-state index is 12.2. The van der Waals surface area contributed by atoms with Crippen LogP contribution in [-0.2, 0) is 6.42 Å². The van der Waals surface area contributed by atoms with E-state index in [1.807, 2.05) is 6.07 Å². The van der Waals surface area contributed by atoms with Crippen molar-refractivity contribution in [1.82, 2.24) is 15.5 Å². The first kappa shape index (κ1) is 19.9. The third kappa shape index (κ3) is 6.67. The summed E-state index contributed by atoms with van der Waals surface area (Å²) in [6.07, 6.45) is 7.10. The molecule has 27 heavy (non-hydrogen) atoms. The van der Waals surface area contributed by atoms with E-state index in [0.717, 1.165) is 25.9 Å². The van der Waals surface area contributed by atoms with E-state index in [2.05, 4.69) is 56.6 Å². The molecule has 146 valence electrons. The maximum absolute atomic E-state index is 12.2. The summed E-state index contributed by atoms with van der Waals surface area (Å²) in [7, 11) is 0. The monoisotopic (exact) mass is 385 g/mol. The zero-order valence-corrected chi connectivity index (χ0v) is 16.8. The summed E-state index contributed by atoms with van der Waals surface area (Å²) in [5.41, 5.74) is 2.64. The largest absolute Gasteiger partial charge is 0.338 e. The number of hydrogen-bond acceptors (Lipinski definition) is 3. The molecule has 0 aliphatic carbocycles. The Morgan fingerprint density at radius 2 is 1.81 bits per heavy atom. The fraction of sp³-hybridized carbons (Fsp3) is 0.500. The zero-order chi connectivity index (χ0) is 18.7. The number of carbonyl (C=O) groups excluding carboxylic acids is 1. The number of nitrogens with one attached hydrogen (secondary N) is 2. The molecule has 2 N–H and O–H groups in total. The van der Waals surface area contributed by atoms with Gasteiger partial charge in [-0.2, -0.15) is 11.3 Å². The highest BCUT2D eigenvalue weighted by Gasteiger charge is 2.22. The van der Waals surface area contributed by atoms with Crippen LogP contribution >= 0.6 is 11.3 Å². The molecule has 1 atom stereocenters. The zero-order valence-electron chi connectivity index (χ0n) is 16.0. The van der Waals surface area contributed by atoms with Crippen LogP contribution in [0.1, 0.15) is 49.3 Å². The van der Waals surface area contributed by atoms with Gasteiger partial charge in [0.2, 0.25) is 0 Å². The second-order valence-corrected chi connectivity index (χ2v) is 8.03. The summed E-state index contributed by atoms with van der Waals surface area (Å²) in [4.78, 5) is 14.8. The van der Waals surface area contributed by atoms with Crippen molar-refractivity contribution in [1.29, 1.82) is 0 Å². The molecule has 3 rings (SSSR count). The van der Waals surface area contributed by atoms with Crippen molar-refractivity contribution in [2.45, 2.75) is 44.6 Å². The van der Waals surface area contributed by atoms with Crippen LogP contribution in [0.25, 0.3) is 0 Å². The molecule has 4 nitrogen and oxygen atoms in total. The van der Waals surface area contributed by atoms with Gasteiger partial charge in [-0.1, -0.05) is 43.2 Å². The molecule has 1 unspecified atom stereocenters. The number of benzene rings is 1. The number of hydrogen-bond donors (Lipinski definition) is 2. The second kappa shape index (κ2) is 11.1. The second-order valence-electron chi connectivity index (χ2n) is 7.25. The molecule has 2 heterocycles. The molecule has 2 amide bonds. The third-order valence-corrected chi connectivity index (χ3v) is 5.94. The highest BCUT2D eigenvalue weighted by atomic mass is 32.1. The van der Waals surface area contributed by atoms with E-state index in [9.17, 15) is 4.79 Å². The van der Waals surface area contributed by atoms with Crippen LogP contribution in [0, 0.1) is 0 Å². The van der Waals surface area contributed by atoms with E-state index >= 15 is 0 Å². The third-order valence-electron chi connectivity index (χ3n) is 5.24. The van der Waals surface area contributed by atoms with Crippen molar-refractivity contribution in [3.8, 4) is 0 Å². The summed E-state index contributed by atoms with van der Waals surface area (Å²) in [6.45, 7) is 3.62. The molecule has 2 aromatic rings. The number of carbonyl (C=O) groups is 1. The van der Waals surface area contributed by atoms with Crippen LogP contribution in [0.3, 0.4) is 0 Å². The lowest BCUT2D eigenvalue weighted by Crippen LogP contribution is -2.42.